The van der Waals surface area contributed by atoms with Gasteiger partial charge in [-0.1, -0.05) is 19.8 Å². The molecule has 0 radical (unpaired) electrons. The molecule has 3 amide bonds. The van der Waals surface area contributed by atoms with Crippen molar-refractivity contribution in [2.45, 2.75) is 38.1 Å². The quantitative estimate of drug-likeness (QED) is 0.442. The highest BCUT2D eigenvalue weighted by atomic mass is 16.6. The number of fused-ring (bicyclic) bond motifs is 1. The first-order valence-corrected chi connectivity index (χ1v) is 10.1. The Kier molecular flexibility index (Phi) is 5.36. The number of esters is 1. The molecule has 2 aliphatic heterocycles. The molecule has 1 spiro atoms. The minimum Gasteiger partial charge on any atom is -0.486 e. The Morgan fingerprint density at radius 1 is 1.20 bits per heavy atom. The normalized spacial score (nSPS) is 25.2. The highest BCUT2D eigenvalue weighted by Crippen LogP contribution is 2.38. The summed E-state index contributed by atoms with van der Waals surface area (Å²) in [6.07, 6.45) is 3.26. The number of amides is 3. The van der Waals surface area contributed by atoms with Crippen molar-refractivity contribution in [3.8, 4) is 11.5 Å². The predicted octanol–water partition coefficient (Wildman–Crippen LogP) is 1.68. The molecule has 0 unspecified atom stereocenters. The fraction of sp³-hybridized carbons (Fsp3) is 0.524. The molecule has 1 saturated carbocycles. The number of imide groups is 1. The van der Waals surface area contributed by atoms with Gasteiger partial charge in [0.05, 0.1) is 0 Å². The second-order valence-electron chi connectivity index (χ2n) is 7.88. The van der Waals surface area contributed by atoms with Crippen LogP contribution in [0.15, 0.2) is 18.2 Å². The van der Waals surface area contributed by atoms with E-state index in [1.807, 2.05) is 6.92 Å². The van der Waals surface area contributed by atoms with E-state index in [4.69, 9.17) is 14.2 Å². The van der Waals surface area contributed by atoms with Gasteiger partial charge in [0, 0.05) is 5.56 Å². The lowest BCUT2D eigenvalue weighted by atomic mass is 9.73. The molecule has 9 nitrogen and oxygen atoms in total. The summed E-state index contributed by atoms with van der Waals surface area (Å²) in [5.41, 5.74) is -0.617. The molecule has 1 aromatic carbocycles. The molecule has 1 aliphatic carbocycles. The largest absolute Gasteiger partial charge is 0.486 e. The number of benzene rings is 1. The summed E-state index contributed by atoms with van der Waals surface area (Å²) in [6.45, 7) is 1.76. The van der Waals surface area contributed by atoms with Crippen LogP contribution in [0.1, 0.15) is 43.0 Å². The number of ketones is 1. The highest BCUT2D eigenvalue weighted by molar-refractivity contribution is 6.09. The van der Waals surface area contributed by atoms with E-state index in [0.29, 0.717) is 36.7 Å². The number of hydrogen-bond donors (Lipinski definition) is 1. The van der Waals surface area contributed by atoms with Crippen LogP contribution in [0.4, 0.5) is 4.79 Å². The molecule has 30 heavy (non-hydrogen) atoms. The monoisotopic (exact) mass is 416 g/mol. The number of nitrogens with one attached hydrogen (secondary N) is 1. The first-order chi connectivity index (χ1) is 14.4. The summed E-state index contributed by atoms with van der Waals surface area (Å²) in [5.74, 6) is -0.612. The predicted molar refractivity (Wildman–Crippen MR) is 103 cm³/mol. The van der Waals surface area contributed by atoms with E-state index in [9.17, 15) is 19.2 Å². The van der Waals surface area contributed by atoms with Crippen LogP contribution in [0.25, 0.3) is 0 Å². The molecule has 160 valence electrons. The molecule has 0 aromatic heterocycles. The zero-order chi connectivity index (χ0) is 21.3. The van der Waals surface area contributed by atoms with Crippen LogP contribution >= 0.6 is 0 Å². The molecule has 2 fully saturated rings. The smallest absolute Gasteiger partial charge is 0.326 e. The van der Waals surface area contributed by atoms with Crippen molar-refractivity contribution in [3.05, 3.63) is 23.8 Å². The van der Waals surface area contributed by atoms with Crippen LogP contribution in [-0.2, 0) is 14.3 Å². The number of carbonyl (C=O) groups is 4. The van der Waals surface area contributed by atoms with E-state index in [0.717, 1.165) is 24.2 Å². The lowest BCUT2D eigenvalue weighted by Crippen LogP contribution is -2.54. The topological polar surface area (TPSA) is 111 Å². The first kappa shape index (κ1) is 20.2. The maximum absolute atomic E-state index is 12.9. The van der Waals surface area contributed by atoms with Crippen LogP contribution in [0.5, 0.6) is 11.5 Å². The van der Waals surface area contributed by atoms with E-state index in [2.05, 4.69) is 5.32 Å². The number of nitrogens with zero attached hydrogens (tertiary/aromatic N) is 1. The fourth-order valence-corrected chi connectivity index (χ4v) is 4.26. The van der Waals surface area contributed by atoms with Gasteiger partial charge in [0.25, 0.3) is 5.91 Å². The average molecular weight is 416 g/mol. The van der Waals surface area contributed by atoms with Crippen molar-refractivity contribution in [1.29, 1.82) is 0 Å². The third-order valence-corrected chi connectivity index (χ3v) is 6.02. The van der Waals surface area contributed by atoms with Crippen LogP contribution in [-0.4, -0.2) is 60.5 Å². The molecule has 3 aliphatic rings. The van der Waals surface area contributed by atoms with Crippen LogP contribution < -0.4 is 14.8 Å². The molecule has 0 bridgehead atoms. The second-order valence-corrected chi connectivity index (χ2v) is 7.88. The van der Waals surface area contributed by atoms with Crippen LogP contribution in [0.2, 0.25) is 0 Å². The lowest BCUT2D eigenvalue weighted by molar-refractivity contribution is -0.147. The molecular formula is C21H24N2O7. The van der Waals surface area contributed by atoms with Crippen molar-refractivity contribution in [2.24, 2.45) is 5.92 Å². The number of hydrogen-bond acceptors (Lipinski definition) is 7. The van der Waals surface area contributed by atoms with Gasteiger partial charge in [-0.15, -0.1) is 0 Å². The third-order valence-electron chi connectivity index (χ3n) is 6.02. The van der Waals surface area contributed by atoms with Gasteiger partial charge in [0.15, 0.2) is 23.9 Å². The summed E-state index contributed by atoms with van der Waals surface area (Å²) in [4.78, 5) is 50.7. The Balaban J connectivity index is 1.34. The standard InChI is InChI=1S/C21H24N2O7/c1-13-4-2-3-7-21(13)19(26)23(20(27)22-21)11-18(25)30-12-15(24)14-5-6-16-17(10-14)29-9-8-28-16/h5-6,10,13H,2-4,7-9,11-12H2,1H3,(H,22,27)/t13-,21-/m0/s1. The Morgan fingerprint density at radius 3 is 2.73 bits per heavy atom. The number of rotatable bonds is 5. The lowest BCUT2D eigenvalue weighted by Gasteiger charge is -2.36. The number of ether oxygens (including phenoxy) is 3. The van der Waals surface area contributed by atoms with Gasteiger partial charge >= 0.3 is 12.0 Å². The summed E-state index contributed by atoms with van der Waals surface area (Å²) in [6, 6.07) is 4.14. The summed E-state index contributed by atoms with van der Waals surface area (Å²) >= 11 is 0. The summed E-state index contributed by atoms with van der Waals surface area (Å²) in [5, 5.41) is 2.78. The molecule has 4 rings (SSSR count). The van der Waals surface area contributed by atoms with E-state index in [-0.39, 0.29) is 5.92 Å². The van der Waals surface area contributed by atoms with Gasteiger partial charge in [-0.25, -0.2) is 4.79 Å². The number of Topliss-reactive ketones (excluding diaryl/α,β-unsaturated/α-hetero) is 1. The minimum absolute atomic E-state index is 0.000468. The Labute approximate surface area is 173 Å². The van der Waals surface area contributed by atoms with Crippen molar-refractivity contribution in [2.75, 3.05) is 26.4 Å². The van der Waals surface area contributed by atoms with E-state index in [1.54, 1.807) is 12.1 Å². The first-order valence-electron chi connectivity index (χ1n) is 10.1. The molecule has 2 heterocycles. The van der Waals surface area contributed by atoms with E-state index in [1.165, 1.54) is 6.07 Å². The molecule has 1 aromatic rings. The van der Waals surface area contributed by atoms with Gasteiger partial charge in [0.2, 0.25) is 0 Å². The molecule has 2 atom stereocenters. The average Bonchev–Trinajstić information content (AvgIpc) is 2.98. The van der Waals surface area contributed by atoms with Crippen molar-refractivity contribution in [3.63, 3.8) is 0 Å². The van der Waals surface area contributed by atoms with Crippen molar-refractivity contribution < 1.29 is 33.4 Å². The minimum atomic E-state index is -0.934. The van der Waals surface area contributed by atoms with Crippen LogP contribution in [0, 0.1) is 5.92 Å². The third kappa shape index (κ3) is 3.59. The molecule has 1 saturated heterocycles. The van der Waals surface area contributed by atoms with Gasteiger partial charge < -0.3 is 19.5 Å². The van der Waals surface area contributed by atoms with Gasteiger partial charge in [-0.3, -0.25) is 19.3 Å². The Hall–Kier alpha value is -3.10. The van der Waals surface area contributed by atoms with Gasteiger partial charge in [0.1, 0.15) is 25.3 Å². The summed E-state index contributed by atoms with van der Waals surface area (Å²) < 4.78 is 15.9. The maximum Gasteiger partial charge on any atom is 0.326 e. The molecular weight excluding hydrogens is 392 g/mol. The van der Waals surface area contributed by atoms with E-state index >= 15 is 0 Å². The number of urea groups is 1. The highest BCUT2D eigenvalue weighted by Gasteiger charge is 2.55. The van der Waals surface area contributed by atoms with Gasteiger partial charge in [-0.2, -0.15) is 0 Å². The maximum atomic E-state index is 12.9. The zero-order valence-electron chi connectivity index (χ0n) is 16.8. The Bertz CT molecular complexity index is 899. The van der Waals surface area contributed by atoms with Gasteiger partial charge in [-0.05, 0) is 37.0 Å². The van der Waals surface area contributed by atoms with E-state index < -0.39 is 42.4 Å². The zero-order valence-corrected chi connectivity index (χ0v) is 16.8. The Morgan fingerprint density at radius 2 is 1.97 bits per heavy atom. The molecule has 1 N–H and O–H groups in total. The van der Waals surface area contributed by atoms with Crippen LogP contribution in [0.3, 0.4) is 0 Å². The second kappa shape index (κ2) is 7.97. The molecule has 9 heteroatoms. The fourth-order valence-electron chi connectivity index (χ4n) is 4.26. The number of carbonyl (C=O) groups excluding carboxylic acids is 4. The van der Waals surface area contributed by atoms with Crippen molar-refractivity contribution >= 4 is 23.7 Å². The van der Waals surface area contributed by atoms with Crippen molar-refractivity contribution in [1.82, 2.24) is 10.2 Å². The summed E-state index contributed by atoms with van der Waals surface area (Å²) in [7, 11) is 0. The SMILES string of the molecule is C[C@H]1CCCC[C@]12NC(=O)N(CC(=O)OCC(=O)c1ccc3c(c1)OCCO3)C2=O.